The lowest BCUT2D eigenvalue weighted by Gasteiger charge is -2.20. The van der Waals surface area contributed by atoms with Crippen molar-refractivity contribution in [2.75, 3.05) is 14.1 Å². The molecule has 0 aliphatic rings. The fourth-order valence-corrected chi connectivity index (χ4v) is 2.00. The first-order valence-corrected chi connectivity index (χ1v) is 6.48. The summed E-state index contributed by atoms with van der Waals surface area (Å²) >= 11 is 0. The number of hydrogen-bond donors (Lipinski definition) is 0. The van der Waals surface area contributed by atoms with Crippen LogP contribution in [0.2, 0.25) is 0 Å². The number of hydrogen-bond acceptors (Lipinski definition) is 2. The molecule has 0 radical (unpaired) electrons. The molecule has 0 aliphatic carbocycles. The van der Waals surface area contributed by atoms with Crippen LogP contribution < -0.4 is 4.74 Å². The summed E-state index contributed by atoms with van der Waals surface area (Å²) in [7, 11) is 3.49. The van der Waals surface area contributed by atoms with Crippen LogP contribution in [0.1, 0.15) is 13.3 Å². The summed E-state index contributed by atoms with van der Waals surface area (Å²) in [6.07, 6.45) is 0.236. The van der Waals surface area contributed by atoms with Crippen molar-refractivity contribution >= 4 is 16.7 Å². The van der Waals surface area contributed by atoms with Crippen LogP contribution in [-0.2, 0) is 4.79 Å². The van der Waals surface area contributed by atoms with Crippen LogP contribution in [0.25, 0.3) is 10.8 Å². The van der Waals surface area contributed by atoms with Gasteiger partial charge in [-0.15, -0.1) is 0 Å². The second-order valence-electron chi connectivity index (χ2n) is 4.76. The smallest absolute Gasteiger partial charge is 0.263 e. The van der Waals surface area contributed by atoms with E-state index >= 15 is 0 Å². The van der Waals surface area contributed by atoms with Gasteiger partial charge in [-0.3, -0.25) is 4.79 Å². The largest absolute Gasteiger partial charge is 0.481 e. The van der Waals surface area contributed by atoms with E-state index in [2.05, 4.69) is 6.07 Å². The van der Waals surface area contributed by atoms with Gasteiger partial charge in [0.25, 0.3) is 5.91 Å². The quantitative estimate of drug-likeness (QED) is 0.842. The monoisotopic (exact) mass is 257 g/mol. The predicted molar refractivity (Wildman–Crippen MR) is 77.3 cm³/mol. The fourth-order valence-electron chi connectivity index (χ4n) is 2.00. The van der Waals surface area contributed by atoms with Crippen LogP contribution in [0.15, 0.2) is 42.5 Å². The Morgan fingerprint density at radius 3 is 2.47 bits per heavy atom. The second-order valence-corrected chi connectivity index (χ2v) is 4.76. The number of carbonyl (C=O) groups is 1. The summed E-state index contributed by atoms with van der Waals surface area (Å²) in [5.74, 6) is 0.733. The molecule has 19 heavy (non-hydrogen) atoms. The molecule has 2 aromatic carbocycles. The zero-order valence-corrected chi connectivity index (χ0v) is 11.6. The van der Waals surface area contributed by atoms with Gasteiger partial charge in [0.05, 0.1) is 0 Å². The highest BCUT2D eigenvalue weighted by molar-refractivity contribution is 5.84. The van der Waals surface area contributed by atoms with E-state index in [-0.39, 0.29) is 5.91 Å². The molecule has 3 heteroatoms. The van der Waals surface area contributed by atoms with E-state index in [1.54, 1.807) is 19.0 Å². The Morgan fingerprint density at radius 1 is 1.16 bits per heavy atom. The Bertz CT molecular complexity index is 578. The highest BCUT2D eigenvalue weighted by atomic mass is 16.5. The average molecular weight is 257 g/mol. The van der Waals surface area contributed by atoms with Crippen molar-refractivity contribution < 1.29 is 9.53 Å². The molecular weight excluding hydrogens is 238 g/mol. The van der Waals surface area contributed by atoms with E-state index in [4.69, 9.17) is 4.74 Å². The highest BCUT2D eigenvalue weighted by Gasteiger charge is 2.19. The van der Waals surface area contributed by atoms with E-state index in [0.29, 0.717) is 6.42 Å². The van der Waals surface area contributed by atoms with Gasteiger partial charge in [-0.25, -0.2) is 0 Å². The second kappa shape index (κ2) is 5.74. The molecular formula is C16H19NO2. The zero-order valence-electron chi connectivity index (χ0n) is 11.6. The molecule has 100 valence electrons. The fraction of sp³-hybridized carbons (Fsp3) is 0.312. The maximum atomic E-state index is 11.9. The molecule has 0 saturated carbocycles. The van der Waals surface area contributed by atoms with Crippen molar-refractivity contribution in [3.8, 4) is 5.75 Å². The number of rotatable bonds is 4. The number of amides is 1. The third-order valence-electron chi connectivity index (χ3n) is 3.09. The summed E-state index contributed by atoms with van der Waals surface area (Å²) in [5, 5.41) is 2.29. The van der Waals surface area contributed by atoms with Crippen LogP contribution >= 0.6 is 0 Å². The van der Waals surface area contributed by atoms with E-state index in [1.807, 2.05) is 43.3 Å². The van der Waals surface area contributed by atoms with Crippen LogP contribution in [0.3, 0.4) is 0 Å². The number of likely N-dealkylation sites (N-methyl/N-ethyl adjacent to an activating group) is 1. The molecule has 0 heterocycles. The predicted octanol–water partition coefficient (Wildman–Crippen LogP) is 3.09. The number of benzene rings is 2. The minimum atomic E-state index is -0.420. The summed E-state index contributed by atoms with van der Waals surface area (Å²) in [6.45, 7) is 1.95. The van der Waals surface area contributed by atoms with Crippen molar-refractivity contribution in [1.29, 1.82) is 0 Å². The van der Waals surface area contributed by atoms with E-state index < -0.39 is 6.10 Å². The lowest BCUT2D eigenvalue weighted by Crippen LogP contribution is -2.37. The van der Waals surface area contributed by atoms with Crippen LogP contribution in [0, 0.1) is 0 Å². The molecule has 0 bridgehead atoms. The Balaban J connectivity index is 2.22. The van der Waals surface area contributed by atoms with Crippen molar-refractivity contribution in [3.05, 3.63) is 42.5 Å². The van der Waals surface area contributed by atoms with Crippen LogP contribution in [-0.4, -0.2) is 31.0 Å². The summed E-state index contributed by atoms with van der Waals surface area (Å²) < 4.78 is 5.80. The topological polar surface area (TPSA) is 29.5 Å². The molecule has 2 rings (SSSR count). The Kier molecular flexibility index (Phi) is 4.05. The van der Waals surface area contributed by atoms with Crippen LogP contribution in [0.4, 0.5) is 0 Å². The van der Waals surface area contributed by atoms with E-state index in [0.717, 1.165) is 11.1 Å². The number of fused-ring (bicyclic) bond motifs is 1. The number of nitrogens with zero attached hydrogens (tertiary/aromatic N) is 1. The molecule has 2 aromatic rings. The third-order valence-corrected chi connectivity index (χ3v) is 3.09. The Labute approximate surface area is 113 Å². The van der Waals surface area contributed by atoms with Gasteiger partial charge in [-0.05, 0) is 29.3 Å². The average Bonchev–Trinajstić information content (AvgIpc) is 2.43. The molecule has 0 aromatic heterocycles. The molecule has 0 unspecified atom stereocenters. The minimum Gasteiger partial charge on any atom is -0.481 e. The molecule has 0 saturated heterocycles. The van der Waals surface area contributed by atoms with E-state index in [9.17, 15) is 4.79 Å². The maximum absolute atomic E-state index is 11.9. The molecule has 0 aliphatic heterocycles. The SMILES string of the molecule is CC[C@H](Oc1ccc2ccccc2c1)C(=O)N(C)C. The molecule has 0 N–H and O–H groups in total. The van der Waals surface area contributed by atoms with Gasteiger partial charge in [0.1, 0.15) is 5.75 Å². The van der Waals surface area contributed by atoms with Crippen molar-refractivity contribution in [1.82, 2.24) is 4.90 Å². The lowest BCUT2D eigenvalue weighted by molar-refractivity contribution is -0.136. The first-order valence-electron chi connectivity index (χ1n) is 6.48. The van der Waals surface area contributed by atoms with Gasteiger partial charge in [0, 0.05) is 14.1 Å². The number of ether oxygens (including phenoxy) is 1. The van der Waals surface area contributed by atoms with Gasteiger partial charge in [-0.2, -0.15) is 0 Å². The van der Waals surface area contributed by atoms with Crippen molar-refractivity contribution in [2.45, 2.75) is 19.4 Å². The van der Waals surface area contributed by atoms with Gasteiger partial charge < -0.3 is 9.64 Å². The van der Waals surface area contributed by atoms with Gasteiger partial charge in [-0.1, -0.05) is 37.3 Å². The normalized spacial score (nSPS) is 12.2. The summed E-state index contributed by atoms with van der Waals surface area (Å²) in [4.78, 5) is 13.5. The third kappa shape index (κ3) is 3.05. The van der Waals surface area contributed by atoms with E-state index in [1.165, 1.54) is 5.39 Å². The minimum absolute atomic E-state index is 0.00402. The molecule has 0 spiro atoms. The van der Waals surface area contributed by atoms with Gasteiger partial charge in [0.2, 0.25) is 0 Å². The Morgan fingerprint density at radius 2 is 1.84 bits per heavy atom. The van der Waals surface area contributed by atoms with Crippen LogP contribution in [0.5, 0.6) is 5.75 Å². The standard InChI is InChI=1S/C16H19NO2/c1-4-15(16(18)17(2)3)19-14-10-9-12-7-5-6-8-13(12)11-14/h5-11,15H,4H2,1-3H3/t15-/m0/s1. The molecule has 0 fully saturated rings. The molecule has 1 atom stereocenters. The highest BCUT2D eigenvalue weighted by Crippen LogP contribution is 2.22. The molecule has 1 amide bonds. The van der Waals surface area contributed by atoms with Crippen molar-refractivity contribution in [2.24, 2.45) is 0 Å². The van der Waals surface area contributed by atoms with Gasteiger partial charge in [0.15, 0.2) is 6.10 Å². The molecule has 3 nitrogen and oxygen atoms in total. The first-order chi connectivity index (χ1) is 9.11. The first kappa shape index (κ1) is 13.4. The Hall–Kier alpha value is -2.03. The number of carbonyl (C=O) groups excluding carboxylic acids is 1. The summed E-state index contributed by atoms with van der Waals surface area (Å²) in [5.41, 5.74) is 0. The lowest BCUT2D eigenvalue weighted by atomic mass is 10.1. The zero-order chi connectivity index (χ0) is 13.8. The van der Waals surface area contributed by atoms with Gasteiger partial charge >= 0.3 is 0 Å². The van der Waals surface area contributed by atoms with Crippen molar-refractivity contribution in [3.63, 3.8) is 0 Å². The maximum Gasteiger partial charge on any atom is 0.263 e. The summed E-state index contributed by atoms with van der Waals surface area (Å²) in [6, 6.07) is 14.0.